The predicted molar refractivity (Wildman–Crippen MR) is 97.7 cm³/mol. The van der Waals surface area contributed by atoms with Crippen molar-refractivity contribution in [1.82, 2.24) is 15.6 Å². The maximum Gasteiger partial charge on any atom is 0.269 e. The van der Waals surface area contributed by atoms with Crippen LogP contribution in [0, 0.1) is 19.7 Å². The van der Waals surface area contributed by atoms with Gasteiger partial charge in [-0.05, 0) is 61.4 Å². The van der Waals surface area contributed by atoms with Gasteiger partial charge in [-0.25, -0.2) is 17.5 Å². The molecular weight excluding hydrogens is 373 g/mol. The zero-order chi connectivity index (χ0) is 20.0. The molecule has 0 heterocycles. The van der Waals surface area contributed by atoms with Crippen LogP contribution in [-0.4, -0.2) is 26.8 Å². The SMILES string of the molecule is Cc1ccc(S(=O)(=O)NCCC(=O)NNC(=O)c2ccc(F)cc2)cc1C. The third kappa shape index (κ3) is 5.87. The van der Waals surface area contributed by atoms with Gasteiger partial charge in [-0.15, -0.1) is 0 Å². The lowest BCUT2D eigenvalue weighted by Crippen LogP contribution is -2.42. The zero-order valence-corrected chi connectivity index (χ0v) is 15.7. The third-order valence-electron chi connectivity index (χ3n) is 3.85. The summed E-state index contributed by atoms with van der Waals surface area (Å²) in [6.45, 7) is 3.56. The van der Waals surface area contributed by atoms with Gasteiger partial charge in [0.15, 0.2) is 0 Å². The highest BCUT2D eigenvalue weighted by Gasteiger charge is 2.15. The minimum absolute atomic E-state index is 0.121. The molecule has 3 N–H and O–H groups in total. The Kier molecular flexibility index (Phi) is 6.65. The first-order valence-electron chi connectivity index (χ1n) is 8.11. The lowest BCUT2D eigenvalue weighted by atomic mass is 10.1. The number of amides is 2. The Balaban J connectivity index is 1.80. The minimum atomic E-state index is -3.73. The first-order valence-corrected chi connectivity index (χ1v) is 9.59. The van der Waals surface area contributed by atoms with Crippen LogP contribution in [-0.2, 0) is 14.8 Å². The van der Waals surface area contributed by atoms with Crippen molar-refractivity contribution in [2.75, 3.05) is 6.54 Å². The normalized spacial score (nSPS) is 11.1. The van der Waals surface area contributed by atoms with E-state index in [1.807, 2.05) is 13.8 Å². The Morgan fingerprint density at radius 3 is 2.26 bits per heavy atom. The van der Waals surface area contributed by atoms with Gasteiger partial charge in [0.2, 0.25) is 15.9 Å². The molecule has 9 heteroatoms. The zero-order valence-electron chi connectivity index (χ0n) is 14.9. The number of nitrogens with one attached hydrogen (secondary N) is 3. The molecule has 2 aromatic carbocycles. The van der Waals surface area contributed by atoms with E-state index in [0.717, 1.165) is 23.3 Å². The number of sulfonamides is 1. The summed E-state index contributed by atoms with van der Waals surface area (Å²) < 4.78 is 39.6. The molecule has 2 aromatic rings. The molecule has 27 heavy (non-hydrogen) atoms. The van der Waals surface area contributed by atoms with Crippen molar-refractivity contribution in [3.8, 4) is 0 Å². The van der Waals surface area contributed by atoms with Crippen LogP contribution in [0.25, 0.3) is 0 Å². The van der Waals surface area contributed by atoms with Crippen molar-refractivity contribution in [1.29, 1.82) is 0 Å². The fraction of sp³-hybridized carbons (Fsp3) is 0.222. The van der Waals surface area contributed by atoms with Gasteiger partial charge in [0.25, 0.3) is 5.91 Å². The molecule has 0 spiro atoms. The summed E-state index contributed by atoms with van der Waals surface area (Å²) in [4.78, 5) is 23.6. The second-order valence-corrected chi connectivity index (χ2v) is 7.67. The summed E-state index contributed by atoms with van der Waals surface area (Å²) in [7, 11) is -3.73. The molecule has 0 atom stereocenters. The molecule has 0 aliphatic heterocycles. The van der Waals surface area contributed by atoms with E-state index >= 15 is 0 Å². The smallest absolute Gasteiger partial charge is 0.269 e. The van der Waals surface area contributed by atoms with E-state index in [0.29, 0.717) is 0 Å². The molecule has 0 aromatic heterocycles. The summed E-state index contributed by atoms with van der Waals surface area (Å²) in [5.41, 5.74) is 6.34. The summed E-state index contributed by atoms with van der Waals surface area (Å²) in [5, 5.41) is 0. The van der Waals surface area contributed by atoms with Gasteiger partial charge in [-0.1, -0.05) is 6.07 Å². The number of aryl methyl sites for hydroxylation is 2. The van der Waals surface area contributed by atoms with Crippen LogP contribution in [0.4, 0.5) is 4.39 Å². The number of carbonyl (C=O) groups is 2. The van der Waals surface area contributed by atoms with Gasteiger partial charge in [0.1, 0.15) is 5.82 Å². The molecular formula is C18H20FN3O4S. The van der Waals surface area contributed by atoms with Gasteiger partial charge < -0.3 is 0 Å². The van der Waals surface area contributed by atoms with Crippen molar-refractivity contribution in [3.63, 3.8) is 0 Å². The van der Waals surface area contributed by atoms with Gasteiger partial charge >= 0.3 is 0 Å². The Morgan fingerprint density at radius 2 is 1.63 bits per heavy atom. The quantitative estimate of drug-likeness (QED) is 0.648. The van der Waals surface area contributed by atoms with Crippen LogP contribution in [0.2, 0.25) is 0 Å². The Hall–Kier alpha value is -2.78. The third-order valence-corrected chi connectivity index (χ3v) is 5.31. The highest BCUT2D eigenvalue weighted by atomic mass is 32.2. The van der Waals surface area contributed by atoms with E-state index in [2.05, 4.69) is 15.6 Å². The number of halogens is 1. The fourth-order valence-electron chi connectivity index (χ4n) is 2.13. The summed E-state index contributed by atoms with van der Waals surface area (Å²) in [6.07, 6.45) is -0.173. The molecule has 7 nitrogen and oxygen atoms in total. The van der Waals surface area contributed by atoms with Crippen LogP contribution in [0.15, 0.2) is 47.4 Å². The summed E-state index contributed by atoms with van der Waals surface area (Å²) >= 11 is 0. The summed E-state index contributed by atoms with van der Waals surface area (Å²) in [5.74, 6) is -1.67. The number of rotatable bonds is 6. The van der Waals surface area contributed by atoms with Crippen LogP contribution >= 0.6 is 0 Å². The van der Waals surface area contributed by atoms with E-state index in [9.17, 15) is 22.4 Å². The van der Waals surface area contributed by atoms with Crippen molar-refractivity contribution >= 4 is 21.8 Å². The average Bonchev–Trinajstić information content (AvgIpc) is 2.62. The predicted octanol–water partition coefficient (Wildman–Crippen LogP) is 1.57. The van der Waals surface area contributed by atoms with E-state index < -0.39 is 27.7 Å². The van der Waals surface area contributed by atoms with Gasteiger partial charge in [-0.2, -0.15) is 0 Å². The largest absolute Gasteiger partial charge is 0.273 e. The molecule has 144 valence electrons. The van der Waals surface area contributed by atoms with E-state index in [1.165, 1.54) is 18.2 Å². The lowest BCUT2D eigenvalue weighted by Gasteiger charge is -2.10. The second-order valence-electron chi connectivity index (χ2n) is 5.90. The highest BCUT2D eigenvalue weighted by molar-refractivity contribution is 7.89. The fourth-order valence-corrected chi connectivity index (χ4v) is 3.24. The average molecular weight is 393 g/mol. The van der Waals surface area contributed by atoms with E-state index in [4.69, 9.17) is 0 Å². The highest BCUT2D eigenvalue weighted by Crippen LogP contribution is 2.14. The van der Waals surface area contributed by atoms with Gasteiger partial charge in [-0.3, -0.25) is 20.4 Å². The maximum absolute atomic E-state index is 12.8. The second kappa shape index (κ2) is 8.74. The van der Waals surface area contributed by atoms with Crippen LogP contribution in [0.3, 0.4) is 0 Å². The lowest BCUT2D eigenvalue weighted by molar-refractivity contribution is -0.121. The molecule has 2 rings (SSSR count). The summed E-state index contributed by atoms with van der Waals surface area (Å²) in [6, 6.07) is 9.55. The van der Waals surface area contributed by atoms with Crippen molar-refractivity contribution in [2.24, 2.45) is 0 Å². The molecule has 0 unspecified atom stereocenters. The van der Waals surface area contributed by atoms with Crippen molar-refractivity contribution in [3.05, 3.63) is 65.0 Å². The standard InChI is InChI=1S/C18H20FN3O4S/c1-12-3-8-16(11-13(12)2)27(25,26)20-10-9-17(23)21-22-18(24)14-4-6-15(19)7-5-14/h3-8,11,20H,9-10H2,1-2H3,(H,21,23)(H,22,24). The van der Waals surface area contributed by atoms with E-state index in [1.54, 1.807) is 12.1 Å². The molecule has 0 saturated carbocycles. The van der Waals surface area contributed by atoms with Crippen molar-refractivity contribution < 1.29 is 22.4 Å². The molecule has 0 aliphatic rings. The van der Waals surface area contributed by atoms with E-state index in [-0.39, 0.29) is 23.4 Å². The Labute approximate surface area is 157 Å². The molecule has 0 fully saturated rings. The number of hydrogen-bond donors (Lipinski definition) is 3. The van der Waals surface area contributed by atoms with Gasteiger partial charge in [0, 0.05) is 18.5 Å². The molecule has 0 radical (unpaired) electrons. The monoisotopic (exact) mass is 393 g/mol. The minimum Gasteiger partial charge on any atom is -0.273 e. The molecule has 0 aliphatic carbocycles. The first kappa shape index (κ1) is 20.5. The van der Waals surface area contributed by atoms with Gasteiger partial charge in [0.05, 0.1) is 4.90 Å². The first-order chi connectivity index (χ1) is 12.7. The molecule has 0 bridgehead atoms. The number of carbonyl (C=O) groups excluding carboxylic acids is 2. The molecule has 2 amide bonds. The maximum atomic E-state index is 12.8. The molecule has 0 saturated heterocycles. The van der Waals surface area contributed by atoms with Crippen LogP contribution < -0.4 is 15.6 Å². The number of hydrogen-bond acceptors (Lipinski definition) is 4. The van der Waals surface area contributed by atoms with Crippen LogP contribution in [0.1, 0.15) is 27.9 Å². The number of hydrazine groups is 1. The Morgan fingerprint density at radius 1 is 0.963 bits per heavy atom. The topological polar surface area (TPSA) is 104 Å². The Bertz CT molecular complexity index is 944. The number of benzene rings is 2. The van der Waals surface area contributed by atoms with Crippen LogP contribution in [0.5, 0.6) is 0 Å². The van der Waals surface area contributed by atoms with Crippen molar-refractivity contribution in [2.45, 2.75) is 25.2 Å².